The lowest BCUT2D eigenvalue weighted by Crippen LogP contribution is -2.04. The van der Waals surface area contributed by atoms with Gasteiger partial charge in [-0.15, -0.1) is 0 Å². The Hall–Kier alpha value is -5.40. The van der Waals surface area contributed by atoms with Crippen molar-refractivity contribution in [2.24, 2.45) is 0 Å². The molecule has 0 fully saturated rings. The lowest BCUT2D eigenvalue weighted by Gasteiger charge is -2.22. The van der Waals surface area contributed by atoms with Gasteiger partial charge >= 0.3 is 0 Å². The summed E-state index contributed by atoms with van der Waals surface area (Å²) < 4.78 is 0. The van der Waals surface area contributed by atoms with E-state index >= 15 is 0 Å². The summed E-state index contributed by atoms with van der Waals surface area (Å²) in [6.07, 6.45) is 13.4. The largest absolute Gasteiger partial charge is 0.399 e. The predicted octanol–water partition coefficient (Wildman–Crippen LogP) is 12.5. The van der Waals surface area contributed by atoms with Crippen LogP contribution in [0.2, 0.25) is 0 Å². The fourth-order valence-electron chi connectivity index (χ4n) is 7.28. The molecule has 0 bridgehead atoms. The van der Waals surface area contributed by atoms with Crippen LogP contribution in [0.25, 0.3) is 54.2 Å². The highest BCUT2D eigenvalue weighted by atomic mass is 14.5. The standard InChI is InChI=1S/C26H22.C18H13N.C2H6/c1-2-5-18-8-9-21(16-18)22-14-15-25-23(17-22)13-12-20-11-10-19-6-3-4-7-24(19)26(20)25;19-15-9-10-17-14(11-15)8-7-13-6-5-12-3-1-2-4-16(12)18(13)17;1-2/h2-9,12-17,21H,10-11H2,1H3;1-11H,19H2;1-2H3/b5-2-;;. The van der Waals surface area contributed by atoms with E-state index in [-0.39, 0.29) is 0 Å². The second-order valence-corrected chi connectivity index (χ2v) is 12.2. The second-order valence-electron chi connectivity index (χ2n) is 12.2. The normalized spacial score (nSPS) is 14.8. The van der Waals surface area contributed by atoms with Gasteiger partial charge in [0.1, 0.15) is 0 Å². The molecule has 1 nitrogen and oxygen atoms in total. The maximum Gasteiger partial charge on any atom is 0.0320 e. The van der Waals surface area contributed by atoms with Crippen molar-refractivity contribution >= 4 is 48.8 Å². The third-order valence-electron chi connectivity index (χ3n) is 9.44. The summed E-state index contributed by atoms with van der Waals surface area (Å²) in [5.74, 6) is 0.383. The van der Waals surface area contributed by atoms with Gasteiger partial charge in [-0.2, -0.15) is 0 Å². The molecule has 0 aromatic heterocycles. The molecule has 0 spiro atoms. The molecule has 0 saturated heterocycles. The molecule has 0 radical (unpaired) electrons. The lowest BCUT2D eigenvalue weighted by atomic mass is 9.82. The number of nitrogen functional groups attached to an aromatic ring is 1. The zero-order valence-electron chi connectivity index (χ0n) is 27.5. The Balaban J connectivity index is 0.000000148. The summed E-state index contributed by atoms with van der Waals surface area (Å²) in [6, 6.07) is 43.9. The topological polar surface area (TPSA) is 26.0 Å². The minimum absolute atomic E-state index is 0.383. The number of aryl methyl sites for hydroxylation is 2. The average molecular weight is 608 g/mol. The van der Waals surface area contributed by atoms with Crippen LogP contribution in [0.5, 0.6) is 0 Å². The maximum absolute atomic E-state index is 5.88. The fraction of sp³-hybridized carbons (Fsp3) is 0.130. The van der Waals surface area contributed by atoms with Gasteiger partial charge in [-0.3, -0.25) is 0 Å². The molecule has 9 rings (SSSR count). The highest BCUT2D eigenvalue weighted by Crippen LogP contribution is 2.40. The molecular weight excluding hydrogens is 567 g/mol. The van der Waals surface area contributed by atoms with Gasteiger partial charge in [-0.25, -0.2) is 0 Å². The first-order valence-corrected chi connectivity index (χ1v) is 16.9. The Bertz CT molecular complexity index is 2350. The molecule has 47 heavy (non-hydrogen) atoms. The summed E-state index contributed by atoms with van der Waals surface area (Å²) in [5.41, 5.74) is 15.2. The van der Waals surface area contributed by atoms with Crippen LogP contribution in [0.3, 0.4) is 0 Å². The quantitative estimate of drug-likeness (QED) is 0.154. The van der Waals surface area contributed by atoms with Gasteiger partial charge in [0.05, 0.1) is 0 Å². The van der Waals surface area contributed by atoms with Gasteiger partial charge in [-0.1, -0.05) is 153 Å². The number of allylic oxidation sites excluding steroid dienone is 6. The van der Waals surface area contributed by atoms with E-state index < -0.39 is 0 Å². The van der Waals surface area contributed by atoms with E-state index in [0.717, 1.165) is 18.5 Å². The highest BCUT2D eigenvalue weighted by Gasteiger charge is 2.19. The molecule has 0 amide bonds. The van der Waals surface area contributed by atoms with Gasteiger partial charge in [0.2, 0.25) is 0 Å². The van der Waals surface area contributed by atoms with Crippen LogP contribution in [0.1, 0.15) is 43.4 Å². The average Bonchev–Trinajstić information content (AvgIpc) is 3.60. The van der Waals surface area contributed by atoms with E-state index in [2.05, 4.69) is 146 Å². The molecule has 2 aliphatic rings. The number of hydrogen-bond donors (Lipinski definition) is 1. The van der Waals surface area contributed by atoms with Gasteiger partial charge < -0.3 is 5.73 Å². The summed E-state index contributed by atoms with van der Waals surface area (Å²) >= 11 is 0. The number of benzene rings is 7. The smallest absolute Gasteiger partial charge is 0.0320 e. The summed E-state index contributed by atoms with van der Waals surface area (Å²) in [5, 5.41) is 10.4. The van der Waals surface area contributed by atoms with Gasteiger partial charge in [0.15, 0.2) is 0 Å². The van der Waals surface area contributed by atoms with E-state index in [1.54, 1.807) is 0 Å². The zero-order chi connectivity index (χ0) is 32.3. The highest BCUT2D eigenvalue weighted by molar-refractivity contribution is 6.20. The number of rotatable bonds is 2. The van der Waals surface area contributed by atoms with Crippen LogP contribution in [0.15, 0.2) is 157 Å². The Labute approximate surface area is 278 Å². The molecule has 0 heterocycles. The third-order valence-corrected chi connectivity index (χ3v) is 9.44. The molecule has 1 heteroatoms. The third kappa shape index (κ3) is 5.75. The Kier molecular flexibility index (Phi) is 8.46. The van der Waals surface area contributed by atoms with Gasteiger partial charge in [-0.05, 0) is 108 Å². The van der Waals surface area contributed by atoms with Crippen molar-refractivity contribution in [2.45, 2.75) is 39.5 Å². The number of anilines is 1. The van der Waals surface area contributed by atoms with Crippen LogP contribution >= 0.6 is 0 Å². The maximum atomic E-state index is 5.88. The first-order valence-electron chi connectivity index (χ1n) is 16.9. The van der Waals surface area contributed by atoms with Crippen LogP contribution in [0.4, 0.5) is 5.69 Å². The van der Waals surface area contributed by atoms with E-state index in [1.807, 2.05) is 26.0 Å². The minimum atomic E-state index is 0.383. The molecule has 7 aromatic carbocycles. The van der Waals surface area contributed by atoms with Crippen LogP contribution in [0, 0.1) is 0 Å². The SMILES string of the molecule is C/C=C\C1=CC(c2ccc3c4c(ccc3c2)CCc2ccccc2-4)C=C1.CC.Nc1ccc2c(ccc3ccc4ccccc4c32)c1. The Morgan fingerprint density at radius 2 is 1.30 bits per heavy atom. The van der Waals surface area contributed by atoms with E-state index in [9.17, 15) is 0 Å². The van der Waals surface area contributed by atoms with Crippen LogP contribution < -0.4 is 5.73 Å². The second kappa shape index (κ2) is 13.1. The molecule has 0 saturated carbocycles. The van der Waals surface area contributed by atoms with E-state index in [0.29, 0.717) is 5.92 Å². The molecule has 0 aliphatic heterocycles. The van der Waals surface area contributed by atoms with Crippen LogP contribution in [-0.4, -0.2) is 0 Å². The molecular formula is C46H41N. The van der Waals surface area contributed by atoms with Crippen molar-refractivity contribution in [3.63, 3.8) is 0 Å². The molecule has 7 aromatic rings. The van der Waals surface area contributed by atoms with Crippen molar-refractivity contribution in [2.75, 3.05) is 5.73 Å². The minimum Gasteiger partial charge on any atom is -0.399 e. The van der Waals surface area contributed by atoms with E-state index in [1.165, 1.54) is 76.5 Å². The Morgan fingerprint density at radius 1 is 0.617 bits per heavy atom. The van der Waals surface area contributed by atoms with E-state index in [4.69, 9.17) is 5.73 Å². The molecule has 1 unspecified atom stereocenters. The number of fused-ring (bicyclic) bond motifs is 10. The summed E-state index contributed by atoms with van der Waals surface area (Å²) in [4.78, 5) is 0. The van der Waals surface area contributed by atoms with Crippen molar-refractivity contribution in [1.29, 1.82) is 0 Å². The molecule has 230 valence electrons. The predicted molar refractivity (Wildman–Crippen MR) is 206 cm³/mol. The van der Waals surface area contributed by atoms with Crippen molar-refractivity contribution in [3.8, 4) is 11.1 Å². The van der Waals surface area contributed by atoms with Gasteiger partial charge in [0, 0.05) is 11.6 Å². The van der Waals surface area contributed by atoms with Crippen molar-refractivity contribution < 1.29 is 0 Å². The van der Waals surface area contributed by atoms with Crippen molar-refractivity contribution in [1.82, 2.24) is 0 Å². The molecule has 1 atom stereocenters. The van der Waals surface area contributed by atoms with Crippen molar-refractivity contribution in [3.05, 3.63) is 174 Å². The Morgan fingerprint density at radius 3 is 2.17 bits per heavy atom. The van der Waals surface area contributed by atoms with Crippen LogP contribution in [-0.2, 0) is 12.8 Å². The lowest BCUT2D eigenvalue weighted by molar-refractivity contribution is 0.945. The first kappa shape index (κ1) is 30.3. The number of hydrogen-bond acceptors (Lipinski definition) is 1. The van der Waals surface area contributed by atoms with Gasteiger partial charge in [0.25, 0.3) is 0 Å². The molecule has 2 N–H and O–H groups in total. The molecule has 2 aliphatic carbocycles. The summed E-state index contributed by atoms with van der Waals surface area (Å²) in [7, 11) is 0. The monoisotopic (exact) mass is 607 g/mol. The summed E-state index contributed by atoms with van der Waals surface area (Å²) in [6.45, 7) is 6.07. The fourth-order valence-corrected chi connectivity index (χ4v) is 7.28. The first-order chi connectivity index (χ1) is 23.2. The number of nitrogens with two attached hydrogens (primary N) is 1. The zero-order valence-corrected chi connectivity index (χ0v) is 27.5.